The summed E-state index contributed by atoms with van der Waals surface area (Å²) in [5.41, 5.74) is 2.68. The minimum atomic E-state index is -0.985. The molecule has 0 bridgehead atoms. The maximum absolute atomic E-state index is 12.0. The van der Waals surface area contributed by atoms with Gasteiger partial charge in [0.2, 0.25) is 0 Å². The van der Waals surface area contributed by atoms with Gasteiger partial charge in [-0.2, -0.15) is 0 Å². The molecule has 22 heavy (non-hydrogen) atoms. The Labute approximate surface area is 129 Å². The number of aryl methyl sites for hydroxylation is 2. The fraction of sp³-hybridized carbons (Fsp3) is 0.294. The molecule has 114 valence electrons. The largest absolute Gasteiger partial charge is 0.383 e. The zero-order chi connectivity index (χ0) is 15.6. The molecule has 5 nitrogen and oxygen atoms in total. The number of hydrogen-bond donors (Lipinski definition) is 3. The third-order valence-electron chi connectivity index (χ3n) is 4.14. The van der Waals surface area contributed by atoms with Gasteiger partial charge in [-0.05, 0) is 42.5 Å². The molecule has 0 saturated heterocycles. The molecule has 0 fully saturated rings. The Balaban J connectivity index is 1.63. The van der Waals surface area contributed by atoms with Gasteiger partial charge in [0.05, 0.1) is 6.54 Å². The molecule has 0 aliphatic heterocycles. The van der Waals surface area contributed by atoms with E-state index in [0.29, 0.717) is 12.1 Å². The van der Waals surface area contributed by atoms with Crippen molar-refractivity contribution in [3.8, 4) is 0 Å². The van der Waals surface area contributed by atoms with Crippen molar-refractivity contribution < 1.29 is 9.90 Å². The number of hydrogen-bond acceptors (Lipinski definition) is 3. The summed E-state index contributed by atoms with van der Waals surface area (Å²) < 4.78 is 0. The summed E-state index contributed by atoms with van der Waals surface area (Å²) in [5, 5.41) is 16.3. The third-order valence-corrected chi connectivity index (χ3v) is 4.14. The van der Waals surface area contributed by atoms with Crippen molar-refractivity contribution in [1.29, 1.82) is 0 Å². The van der Waals surface area contributed by atoms with Crippen LogP contribution in [0.5, 0.6) is 0 Å². The summed E-state index contributed by atoms with van der Waals surface area (Å²) in [4.78, 5) is 16.0. The van der Waals surface area contributed by atoms with Crippen LogP contribution >= 0.6 is 0 Å². The van der Waals surface area contributed by atoms with Gasteiger partial charge in [-0.15, -0.1) is 0 Å². The van der Waals surface area contributed by atoms with E-state index < -0.39 is 5.60 Å². The number of benzene rings is 1. The number of urea groups is 1. The highest BCUT2D eigenvalue weighted by molar-refractivity contribution is 5.89. The fourth-order valence-corrected chi connectivity index (χ4v) is 2.86. The second kappa shape index (κ2) is 5.77. The number of rotatable bonds is 3. The number of amides is 2. The summed E-state index contributed by atoms with van der Waals surface area (Å²) in [7, 11) is 0. The van der Waals surface area contributed by atoms with Crippen LogP contribution in [0.2, 0.25) is 0 Å². The smallest absolute Gasteiger partial charge is 0.319 e. The minimum Gasteiger partial charge on any atom is -0.383 e. The van der Waals surface area contributed by atoms with Crippen molar-refractivity contribution in [2.24, 2.45) is 0 Å². The first-order valence-electron chi connectivity index (χ1n) is 7.35. The van der Waals surface area contributed by atoms with E-state index in [1.54, 1.807) is 18.5 Å². The Hall–Kier alpha value is -2.40. The Morgan fingerprint density at radius 3 is 3.00 bits per heavy atom. The molecule has 1 heterocycles. The minimum absolute atomic E-state index is 0.194. The lowest BCUT2D eigenvalue weighted by Crippen LogP contribution is -2.41. The number of nitrogens with one attached hydrogen (secondary N) is 2. The number of anilines is 1. The Morgan fingerprint density at radius 2 is 2.18 bits per heavy atom. The molecular formula is C17H19N3O2. The zero-order valence-electron chi connectivity index (χ0n) is 12.5. The maximum atomic E-state index is 12.0. The monoisotopic (exact) mass is 297 g/mol. The first-order chi connectivity index (χ1) is 10.6. The lowest BCUT2D eigenvalue weighted by atomic mass is 9.96. The van der Waals surface area contributed by atoms with Crippen molar-refractivity contribution in [2.75, 3.05) is 11.9 Å². The van der Waals surface area contributed by atoms with E-state index in [1.165, 1.54) is 0 Å². The van der Waals surface area contributed by atoms with Crippen molar-refractivity contribution in [1.82, 2.24) is 10.3 Å². The van der Waals surface area contributed by atoms with Gasteiger partial charge in [-0.3, -0.25) is 4.98 Å². The van der Waals surface area contributed by atoms with Gasteiger partial charge in [0.25, 0.3) is 0 Å². The van der Waals surface area contributed by atoms with E-state index in [9.17, 15) is 9.90 Å². The Morgan fingerprint density at radius 1 is 1.36 bits per heavy atom. The van der Waals surface area contributed by atoms with Crippen LogP contribution in [-0.4, -0.2) is 22.7 Å². The fourth-order valence-electron chi connectivity index (χ4n) is 2.86. The zero-order valence-corrected chi connectivity index (χ0v) is 12.5. The molecule has 1 unspecified atom stereocenters. The first-order valence-corrected chi connectivity index (χ1v) is 7.35. The summed E-state index contributed by atoms with van der Waals surface area (Å²) in [6.07, 6.45) is 4.78. The molecule has 1 aliphatic rings. The number of carbonyl (C=O) groups is 1. The molecular weight excluding hydrogens is 278 g/mol. The van der Waals surface area contributed by atoms with Crippen molar-refractivity contribution in [3.05, 3.63) is 59.4 Å². The standard InChI is InChI=1S/C17H19N3O2/c1-12-10-18-9-7-15(12)20-16(21)19-11-17(22)8-6-13-4-2-3-5-14(13)17/h2-5,7,9-10,22H,6,8,11H2,1H3,(H2,18,19,20,21). The highest BCUT2D eigenvalue weighted by atomic mass is 16.3. The summed E-state index contributed by atoms with van der Waals surface area (Å²) in [6, 6.07) is 9.25. The molecule has 3 rings (SSSR count). The second-order valence-electron chi connectivity index (χ2n) is 5.69. The summed E-state index contributed by atoms with van der Waals surface area (Å²) >= 11 is 0. The highest BCUT2D eigenvalue weighted by Crippen LogP contribution is 2.36. The Kier molecular flexibility index (Phi) is 3.81. The van der Waals surface area contributed by atoms with Crippen LogP contribution in [0.25, 0.3) is 0 Å². The Bertz CT molecular complexity index is 702. The lowest BCUT2D eigenvalue weighted by Gasteiger charge is -2.24. The van der Waals surface area contributed by atoms with Gasteiger partial charge in [-0.25, -0.2) is 4.79 Å². The van der Waals surface area contributed by atoms with Crippen LogP contribution < -0.4 is 10.6 Å². The molecule has 2 amide bonds. The average Bonchev–Trinajstić information content (AvgIpc) is 2.86. The SMILES string of the molecule is Cc1cnccc1NC(=O)NCC1(O)CCc2ccccc21. The average molecular weight is 297 g/mol. The van der Waals surface area contributed by atoms with E-state index in [1.807, 2.05) is 31.2 Å². The molecule has 1 aliphatic carbocycles. The first kappa shape index (κ1) is 14.5. The maximum Gasteiger partial charge on any atom is 0.319 e. The van der Waals surface area contributed by atoms with Gasteiger partial charge >= 0.3 is 6.03 Å². The van der Waals surface area contributed by atoms with Crippen LogP contribution in [0.4, 0.5) is 10.5 Å². The molecule has 2 aromatic rings. The molecule has 0 spiro atoms. The number of aromatic nitrogens is 1. The number of carbonyl (C=O) groups excluding carboxylic acids is 1. The molecule has 3 N–H and O–H groups in total. The van der Waals surface area contributed by atoms with E-state index in [-0.39, 0.29) is 12.6 Å². The molecule has 1 aromatic carbocycles. The van der Waals surface area contributed by atoms with Gasteiger partial charge < -0.3 is 15.7 Å². The number of nitrogens with zero attached hydrogens (tertiary/aromatic N) is 1. The quantitative estimate of drug-likeness (QED) is 0.814. The van der Waals surface area contributed by atoms with E-state index in [2.05, 4.69) is 15.6 Å². The van der Waals surface area contributed by atoms with E-state index in [0.717, 1.165) is 23.1 Å². The molecule has 0 saturated carbocycles. The van der Waals surface area contributed by atoms with Crippen molar-refractivity contribution in [3.63, 3.8) is 0 Å². The number of aliphatic hydroxyl groups is 1. The van der Waals surface area contributed by atoms with Crippen LogP contribution in [0.1, 0.15) is 23.1 Å². The van der Waals surface area contributed by atoms with Gasteiger partial charge in [0, 0.05) is 18.1 Å². The molecule has 5 heteroatoms. The van der Waals surface area contributed by atoms with Crippen molar-refractivity contribution in [2.45, 2.75) is 25.4 Å². The van der Waals surface area contributed by atoms with Gasteiger partial charge in [0.15, 0.2) is 0 Å². The molecule has 1 atom stereocenters. The van der Waals surface area contributed by atoms with Crippen LogP contribution in [0.3, 0.4) is 0 Å². The second-order valence-corrected chi connectivity index (χ2v) is 5.69. The summed E-state index contributed by atoms with van der Waals surface area (Å²) in [6.45, 7) is 2.07. The van der Waals surface area contributed by atoms with Gasteiger partial charge in [-0.1, -0.05) is 24.3 Å². The van der Waals surface area contributed by atoms with Crippen LogP contribution in [0, 0.1) is 6.92 Å². The third kappa shape index (κ3) is 2.80. The normalized spacial score (nSPS) is 19.5. The van der Waals surface area contributed by atoms with E-state index >= 15 is 0 Å². The van der Waals surface area contributed by atoms with Crippen LogP contribution in [0.15, 0.2) is 42.7 Å². The van der Waals surface area contributed by atoms with Crippen molar-refractivity contribution >= 4 is 11.7 Å². The predicted molar refractivity (Wildman–Crippen MR) is 84.7 cm³/mol. The predicted octanol–water partition coefficient (Wildman–Crippen LogP) is 2.35. The number of fused-ring (bicyclic) bond motifs is 1. The highest BCUT2D eigenvalue weighted by Gasteiger charge is 2.36. The number of pyridine rings is 1. The van der Waals surface area contributed by atoms with Gasteiger partial charge in [0.1, 0.15) is 5.60 Å². The topological polar surface area (TPSA) is 74.2 Å². The molecule has 0 radical (unpaired) electrons. The van der Waals surface area contributed by atoms with E-state index in [4.69, 9.17) is 0 Å². The van der Waals surface area contributed by atoms with Crippen LogP contribution in [-0.2, 0) is 12.0 Å². The lowest BCUT2D eigenvalue weighted by molar-refractivity contribution is 0.0417. The summed E-state index contributed by atoms with van der Waals surface area (Å²) in [5.74, 6) is 0. The molecule has 1 aromatic heterocycles.